The van der Waals surface area contributed by atoms with Crippen molar-refractivity contribution in [3.63, 3.8) is 0 Å². The van der Waals surface area contributed by atoms with Gasteiger partial charge in [-0.05, 0) is 47.4 Å². The van der Waals surface area contributed by atoms with Crippen molar-refractivity contribution in [3.05, 3.63) is 76.8 Å². The van der Waals surface area contributed by atoms with Crippen molar-refractivity contribution in [2.45, 2.75) is 25.8 Å². The molecule has 6 nitrogen and oxygen atoms in total. The first-order chi connectivity index (χ1) is 15.3. The molecule has 4 N–H and O–H groups in total. The molecule has 1 aromatic heterocycles. The van der Waals surface area contributed by atoms with E-state index in [2.05, 4.69) is 15.6 Å². The van der Waals surface area contributed by atoms with E-state index in [1.54, 1.807) is 18.3 Å². The summed E-state index contributed by atoms with van der Waals surface area (Å²) in [7, 11) is 0. The summed E-state index contributed by atoms with van der Waals surface area (Å²) in [5.41, 5.74) is 3.42. The Balaban J connectivity index is 2.02. The molecular formula is C24H25ClFN3O3. The predicted molar refractivity (Wildman–Crippen MR) is 124 cm³/mol. The van der Waals surface area contributed by atoms with Gasteiger partial charge in [-0.2, -0.15) is 0 Å². The molecular weight excluding hydrogens is 433 g/mol. The zero-order chi connectivity index (χ0) is 23.3. The lowest BCUT2D eigenvalue weighted by molar-refractivity contribution is 0.0880. The van der Waals surface area contributed by atoms with Crippen LogP contribution in [0.25, 0.3) is 11.1 Å². The van der Waals surface area contributed by atoms with Crippen LogP contribution in [0.3, 0.4) is 0 Å². The Morgan fingerprint density at radius 1 is 1.09 bits per heavy atom. The van der Waals surface area contributed by atoms with Crippen LogP contribution in [-0.4, -0.2) is 40.4 Å². The van der Waals surface area contributed by atoms with Crippen LogP contribution in [0.2, 0.25) is 5.02 Å². The second-order valence-electron chi connectivity index (χ2n) is 7.66. The van der Waals surface area contributed by atoms with Gasteiger partial charge in [0, 0.05) is 28.7 Å². The minimum atomic E-state index is -0.782. The van der Waals surface area contributed by atoms with Crippen molar-refractivity contribution >= 4 is 28.9 Å². The number of nitrogens with one attached hydrogen (secondary N) is 2. The van der Waals surface area contributed by atoms with Crippen molar-refractivity contribution in [3.8, 4) is 11.1 Å². The second kappa shape index (κ2) is 10.5. The van der Waals surface area contributed by atoms with Crippen LogP contribution < -0.4 is 10.6 Å². The molecule has 0 bridgehead atoms. The number of carbonyl (C=O) groups is 1. The maximum atomic E-state index is 14.5. The zero-order valence-electron chi connectivity index (χ0n) is 17.8. The number of halogens is 2. The lowest BCUT2D eigenvalue weighted by Crippen LogP contribution is -2.40. The van der Waals surface area contributed by atoms with Crippen LogP contribution in [0.5, 0.6) is 0 Å². The standard InChI is InChI=1S/C24H25ClFN3O3/c1-14(2)18-5-3-15(19-10-16(25)4-6-21(19)26)9-23(18)29-22-7-8-27-11-20(22)24(32)28-17(12-30)13-31/h3-11,14,17,30-31H,12-13H2,1-2H3,(H,27,29)(H,28,32). The number of benzene rings is 2. The number of aliphatic hydroxyl groups excluding tert-OH is 2. The molecule has 0 atom stereocenters. The number of aliphatic hydroxyl groups is 2. The van der Waals surface area contributed by atoms with Crippen LogP contribution in [0, 0.1) is 5.82 Å². The van der Waals surface area contributed by atoms with Gasteiger partial charge in [0.05, 0.1) is 30.5 Å². The Kier molecular flexibility index (Phi) is 7.80. The fourth-order valence-electron chi connectivity index (χ4n) is 3.30. The molecule has 0 aliphatic rings. The molecule has 0 spiro atoms. The van der Waals surface area contributed by atoms with Gasteiger partial charge in [-0.1, -0.05) is 37.6 Å². The van der Waals surface area contributed by atoms with Gasteiger partial charge in [0.2, 0.25) is 0 Å². The summed E-state index contributed by atoms with van der Waals surface area (Å²) < 4.78 is 14.5. The monoisotopic (exact) mass is 457 g/mol. The molecule has 0 aliphatic heterocycles. The van der Waals surface area contributed by atoms with Crippen LogP contribution in [-0.2, 0) is 0 Å². The molecule has 0 radical (unpaired) electrons. The fourth-order valence-corrected chi connectivity index (χ4v) is 3.47. The van der Waals surface area contributed by atoms with E-state index >= 15 is 0 Å². The number of anilines is 2. The number of pyridine rings is 1. The molecule has 0 saturated heterocycles. The summed E-state index contributed by atoms with van der Waals surface area (Å²) in [6.45, 7) is 3.28. The number of amides is 1. The van der Waals surface area contributed by atoms with E-state index in [9.17, 15) is 19.4 Å². The number of rotatable bonds is 8. The maximum Gasteiger partial charge on any atom is 0.255 e. The average molecular weight is 458 g/mol. The Labute approximate surface area is 191 Å². The van der Waals surface area contributed by atoms with Crippen molar-refractivity contribution in [1.29, 1.82) is 0 Å². The third-order valence-electron chi connectivity index (χ3n) is 5.03. The minimum absolute atomic E-state index is 0.156. The van der Waals surface area contributed by atoms with Gasteiger partial charge in [-0.25, -0.2) is 4.39 Å². The van der Waals surface area contributed by atoms with Crippen LogP contribution in [0.1, 0.15) is 35.7 Å². The molecule has 1 amide bonds. The van der Waals surface area contributed by atoms with Gasteiger partial charge in [0.1, 0.15) is 5.82 Å². The molecule has 0 unspecified atom stereocenters. The summed E-state index contributed by atoms with van der Waals surface area (Å²) in [6, 6.07) is 10.8. The SMILES string of the molecule is CC(C)c1ccc(-c2cc(Cl)ccc2F)cc1Nc1ccncc1C(=O)NC(CO)CO. The van der Waals surface area contributed by atoms with Crippen LogP contribution in [0.15, 0.2) is 54.9 Å². The highest BCUT2D eigenvalue weighted by atomic mass is 35.5. The Hall–Kier alpha value is -3.00. The molecule has 3 rings (SSSR count). The Bertz CT molecular complexity index is 1100. The highest BCUT2D eigenvalue weighted by Gasteiger charge is 2.18. The molecule has 1 heterocycles. The van der Waals surface area contributed by atoms with Gasteiger partial charge in [0.25, 0.3) is 5.91 Å². The summed E-state index contributed by atoms with van der Waals surface area (Å²) in [5, 5.41) is 24.8. The molecule has 3 aromatic rings. The quantitative estimate of drug-likeness (QED) is 0.400. The first-order valence-corrected chi connectivity index (χ1v) is 10.5. The summed E-state index contributed by atoms with van der Waals surface area (Å²) >= 11 is 6.07. The van der Waals surface area contributed by atoms with E-state index in [4.69, 9.17) is 11.6 Å². The maximum absolute atomic E-state index is 14.5. The molecule has 0 saturated carbocycles. The summed E-state index contributed by atoms with van der Waals surface area (Å²) in [6.07, 6.45) is 2.95. The molecule has 8 heteroatoms. The van der Waals surface area contributed by atoms with Gasteiger partial charge >= 0.3 is 0 Å². The Morgan fingerprint density at radius 3 is 2.53 bits per heavy atom. The minimum Gasteiger partial charge on any atom is -0.394 e. The number of carbonyl (C=O) groups excluding carboxylic acids is 1. The van der Waals surface area contributed by atoms with Gasteiger partial charge in [-0.3, -0.25) is 9.78 Å². The molecule has 168 valence electrons. The normalized spacial score (nSPS) is 11.1. The first kappa shape index (κ1) is 23.7. The number of nitrogens with zero attached hydrogens (tertiary/aromatic N) is 1. The van der Waals surface area contributed by atoms with Crippen molar-refractivity contribution < 1.29 is 19.4 Å². The third kappa shape index (κ3) is 5.43. The van der Waals surface area contributed by atoms with Crippen molar-refractivity contribution in [1.82, 2.24) is 10.3 Å². The predicted octanol–water partition coefficient (Wildman–Crippen LogP) is 4.49. The first-order valence-electron chi connectivity index (χ1n) is 10.2. The van der Waals surface area contributed by atoms with Crippen LogP contribution >= 0.6 is 11.6 Å². The summed E-state index contributed by atoms with van der Waals surface area (Å²) in [4.78, 5) is 16.7. The molecule has 0 aliphatic carbocycles. The number of hydrogen-bond acceptors (Lipinski definition) is 5. The topological polar surface area (TPSA) is 94.5 Å². The lowest BCUT2D eigenvalue weighted by Gasteiger charge is -2.19. The van der Waals surface area contributed by atoms with Gasteiger partial charge in [0.15, 0.2) is 0 Å². The lowest BCUT2D eigenvalue weighted by atomic mass is 9.96. The van der Waals surface area contributed by atoms with E-state index in [1.807, 2.05) is 32.0 Å². The van der Waals surface area contributed by atoms with Crippen molar-refractivity contribution in [2.24, 2.45) is 0 Å². The van der Waals surface area contributed by atoms with Crippen molar-refractivity contribution in [2.75, 3.05) is 18.5 Å². The average Bonchev–Trinajstić information content (AvgIpc) is 2.79. The van der Waals surface area contributed by atoms with Gasteiger partial charge in [-0.15, -0.1) is 0 Å². The highest BCUT2D eigenvalue weighted by Crippen LogP contribution is 2.34. The highest BCUT2D eigenvalue weighted by molar-refractivity contribution is 6.30. The smallest absolute Gasteiger partial charge is 0.255 e. The molecule has 32 heavy (non-hydrogen) atoms. The van der Waals surface area contributed by atoms with E-state index in [0.29, 0.717) is 27.5 Å². The van der Waals surface area contributed by atoms with Gasteiger partial charge < -0.3 is 20.8 Å². The molecule has 2 aromatic carbocycles. The molecule has 0 fully saturated rings. The van der Waals surface area contributed by atoms with E-state index in [-0.39, 0.29) is 17.3 Å². The second-order valence-corrected chi connectivity index (χ2v) is 8.10. The third-order valence-corrected chi connectivity index (χ3v) is 5.26. The van der Waals surface area contributed by atoms with E-state index in [0.717, 1.165) is 5.56 Å². The fraction of sp³-hybridized carbons (Fsp3) is 0.250. The number of hydrogen-bond donors (Lipinski definition) is 4. The zero-order valence-corrected chi connectivity index (χ0v) is 18.5. The number of aromatic nitrogens is 1. The van der Waals surface area contributed by atoms with Crippen LogP contribution in [0.4, 0.5) is 15.8 Å². The largest absolute Gasteiger partial charge is 0.394 e. The van der Waals surface area contributed by atoms with E-state index < -0.39 is 25.2 Å². The Morgan fingerprint density at radius 2 is 1.84 bits per heavy atom. The van der Waals surface area contributed by atoms with E-state index in [1.165, 1.54) is 18.3 Å². The summed E-state index contributed by atoms with van der Waals surface area (Å²) in [5.74, 6) is -0.722.